The van der Waals surface area contributed by atoms with Crippen LogP contribution < -0.4 is 9.47 Å². The average molecular weight is 519 g/mol. The molecule has 2 aliphatic heterocycles. The van der Waals surface area contributed by atoms with Gasteiger partial charge in [-0.25, -0.2) is 0 Å². The number of ether oxygens (including phenoxy) is 2. The molecule has 4 nitrogen and oxygen atoms in total. The zero-order valence-electron chi connectivity index (χ0n) is 23.0. The zero-order chi connectivity index (χ0) is 26.7. The van der Waals surface area contributed by atoms with E-state index in [4.69, 9.17) is 9.47 Å². The van der Waals surface area contributed by atoms with Crippen molar-refractivity contribution in [3.05, 3.63) is 131 Å². The predicted octanol–water partition coefficient (Wildman–Crippen LogP) is 6.54. The van der Waals surface area contributed by atoms with Crippen LogP contribution in [0.1, 0.15) is 36.1 Å². The Morgan fingerprint density at radius 1 is 0.564 bits per heavy atom. The number of nitrogens with zero attached hydrogens (tertiary/aromatic N) is 2. The highest BCUT2D eigenvalue weighted by atomic mass is 16.5. The van der Waals surface area contributed by atoms with Gasteiger partial charge in [0.2, 0.25) is 0 Å². The average Bonchev–Trinajstić information content (AvgIpc) is 3.90. The minimum Gasteiger partial charge on any atom is -0.492 e. The van der Waals surface area contributed by atoms with Gasteiger partial charge in [-0.1, -0.05) is 98.8 Å². The fourth-order valence-electron chi connectivity index (χ4n) is 5.27. The molecular weight excluding hydrogens is 480 g/mol. The Morgan fingerprint density at radius 3 is 1.33 bits per heavy atom. The van der Waals surface area contributed by atoms with E-state index in [1.54, 1.807) is 0 Å². The second-order valence-corrected chi connectivity index (χ2v) is 11.4. The smallest absolute Gasteiger partial charge is 0.119 e. The van der Waals surface area contributed by atoms with E-state index in [-0.39, 0.29) is 5.41 Å². The molecule has 0 aromatic heterocycles. The monoisotopic (exact) mass is 518 g/mol. The molecule has 0 bridgehead atoms. The van der Waals surface area contributed by atoms with Crippen molar-refractivity contribution < 1.29 is 9.47 Å². The summed E-state index contributed by atoms with van der Waals surface area (Å²) in [6.07, 6.45) is 0. The Labute approximate surface area is 232 Å². The fraction of sp³-hybridized carbons (Fsp3) is 0.314. The molecule has 0 amide bonds. The van der Waals surface area contributed by atoms with Crippen LogP contribution in [0.2, 0.25) is 0 Å². The van der Waals surface area contributed by atoms with Gasteiger partial charge in [-0.2, -0.15) is 0 Å². The van der Waals surface area contributed by atoms with E-state index in [0.29, 0.717) is 12.1 Å². The third-order valence-electron chi connectivity index (χ3n) is 8.15. The molecule has 4 aromatic carbocycles. The third-order valence-corrected chi connectivity index (χ3v) is 8.15. The highest BCUT2D eigenvalue weighted by molar-refractivity contribution is 5.42. The Balaban J connectivity index is 0.964. The van der Waals surface area contributed by atoms with Crippen molar-refractivity contribution in [3.8, 4) is 11.5 Å². The lowest BCUT2D eigenvalue weighted by molar-refractivity contribution is 0.292. The van der Waals surface area contributed by atoms with E-state index < -0.39 is 0 Å². The Hall–Kier alpha value is -3.60. The van der Waals surface area contributed by atoms with Crippen molar-refractivity contribution in [3.63, 3.8) is 0 Å². The quantitative estimate of drug-likeness (QED) is 0.199. The van der Waals surface area contributed by atoms with E-state index in [1.165, 1.54) is 22.3 Å². The third kappa shape index (κ3) is 6.52. The van der Waals surface area contributed by atoms with Crippen LogP contribution in [0.5, 0.6) is 11.5 Å². The van der Waals surface area contributed by atoms with Gasteiger partial charge in [0.25, 0.3) is 0 Å². The van der Waals surface area contributed by atoms with Crippen LogP contribution in [0.3, 0.4) is 0 Å². The largest absolute Gasteiger partial charge is 0.492 e. The summed E-state index contributed by atoms with van der Waals surface area (Å²) in [5.74, 6) is 1.87. The summed E-state index contributed by atoms with van der Waals surface area (Å²) >= 11 is 0. The molecular formula is C35H38N2O2. The molecule has 200 valence electrons. The minimum atomic E-state index is -0.108. The van der Waals surface area contributed by atoms with Crippen molar-refractivity contribution in [1.29, 1.82) is 0 Å². The summed E-state index contributed by atoms with van der Waals surface area (Å²) in [6.45, 7) is 10.2. The standard InChI is InChI=1S/C35H38N2O2/c1-35(2,29-13-17-33(18-14-29)38-25-31-23-36(31)21-27-9-5-3-6-10-27)30-15-19-34(20-16-30)39-26-32-24-37(32)22-28-11-7-4-8-12-28/h3-20,31-32H,21-26H2,1-2H3. The SMILES string of the molecule is CC(C)(c1ccc(OCC2CN2Cc2ccccc2)cc1)c1ccc(OCC2CN2Cc2ccccc2)cc1. The maximum Gasteiger partial charge on any atom is 0.119 e. The minimum absolute atomic E-state index is 0.108. The number of rotatable bonds is 12. The summed E-state index contributed by atoms with van der Waals surface area (Å²) in [6, 6.07) is 39.5. The van der Waals surface area contributed by atoms with E-state index in [1.807, 2.05) is 0 Å². The number of benzene rings is 4. The van der Waals surface area contributed by atoms with Gasteiger partial charge in [-0.05, 0) is 46.5 Å². The molecule has 2 fully saturated rings. The summed E-state index contributed by atoms with van der Waals surface area (Å²) in [5, 5.41) is 0. The highest BCUT2D eigenvalue weighted by Crippen LogP contribution is 2.34. The van der Waals surface area contributed by atoms with E-state index >= 15 is 0 Å². The summed E-state index contributed by atoms with van der Waals surface area (Å²) in [7, 11) is 0. The molecule has 4 unspecified atom stereocenters. The molecule has 4 atom stereocenters. The van der Waals surface area contributed by atoms with Crippen LogP contribution >= 0.6 is 0 Å². The molecule has 2 heterocycles. The van der Waals surface area contributed by atoms with Gasteiger partial charge in [0.1, 0.15) is 24.7 Å². The maximum absolute atomic E-state index is 6.12. The second-order valence-electron chi connectivity index (χ2n) is 11.4. The summed E-state index contributed by atoms with van der Waals surface area (Å²) < 4.78 is 12.2. The molecule has 0 saturated carbocycles. The molecule has 6 rings (SSSR count). The Bertz CT molecular complexity index is 1230. The van der Waals surface area contributed by atoms with Crippen molar-refractivity contribution in [2.24, 2.45) is 0 Å². The van der Waals surface area contributed by atoms with Crippen molar-refractivity contribution >= 4 is 0 Å². The van der Waals surface area contributed by atoms with Gasteiger partial charge >= 0.3 is 0 Å². The van der Waals surface area contributed by atoms with E-state index in [9.17, 15) is 0 Å². The van der Waals surface area contributed by atoms with Crippen LogP contribution in [-0.4, -0.2) is 48.2 Å². The van der Waals surface area contributed by atoms with Crippen molar-refractivity contribution in [2.45, 2.75) is 44.4 Å². The van der Waals surface area contributed by atoms with Crippen molar-refractivity contribution in [1.82, 2.24) is 9.80 Å². The lowest BCUT2D eigenvalue weighted by atomic mass is 9.78. The van der Waals surface area contributed by atoms with Gasteiger partial charge in [0, 0.05) is 31.6 Å². The van der Waals surface area contributed by atoms with E-state index in [0.717, 1.165) is 50.9 Å². The van der Waals surface area contributed by atoms with Crippen LogP contribution in [0.25, 0.3) is 0 Å². The van der Waals surface area contributed by atoms with Crippen LogP contribution in [0, 0.1) is 0 Å². The topological polar surface area (TPSA) is 24.5 Å². The van der Waals surface area contributed by atoms with Gasteiger partial charge in [0.15, 0.2) is 0 Å². The molecule has 0 spiro atoms. The molecule has 2 saturated heterocycles. The normalized spacial score (nSPS) is 21.8. The van der Waals surface area contributed by atoms with Gasteiger partial charge in [-0.15, -0.1) is 0 Å². The maximum atomic E-state index is 6.12. The molecule has 2 aliphatic rings. The highest BCUT2D eigenvalue weighted by Gasteiger charge is 2.35. The molecule has 0 aliphatic carbocycles. The Kier molecular flexibility index (Phi) is 7.40. The molecule has 4 aromatic rings. The summed E-state index contributed by atoms with van der Waals surface area (Å²) in [4.78, 5) is 4.90. The fourth-order valence-corrected chi connectivity index (χ4v) is 5.27. The van der Waals surface area contributed by atoms with Gasteiger partial charge in [-0.3, -0.25) is 9.80 Å². The number of hydrogen-bond acceptors (Lipinski definition) is 4. The Morgan fingerprint density at radius 2 is 0.949 bits per heavy atom. The molecule has 0 N–H and O–H groups in total. The second kappa shape index (κ2) is 11.3. The van der Waals surface area contributed by atoms with Crippen LogP contribution in [0.4, 0.5) is 0 Å². The first kappa shape index (κ1) is 25.7. The van der Waals surface area contributed by atoms with Gasteiger partial charge in [0.05, 0.1) is 12.1 Å². The van der Waals surface area contributed by atoms with Gasteiger partial charge < -0.3 is 9.47 Å². The first-order chi connectivity index (χ1) is 19.0. The molecule has 39 heavy (non-hydrogen) atoms. The lowest BCUT2D eigenvalue weighted by Gasteiger charge is -2.26. The van der Waals surface area contributed by atoms with E-state index in [2.05, 4.69) is 133 Å². The first-order valence-corrected chi connectivity index (χ1v) is 14.1. The van der Waals surface area contributed by atoms with Crippen molar-refractivity contribution in [2.75, 3.05) is 26.3 Å². The number of hydrogen-bond donors (Lipinski definition) is 0. The summed E-state index contributed by atoms with van der Waals surface area (Å²) in [5.41, 5.74) is 5.16. The van der Waals surface area contributed by atoms with Crippen LogP contribution in [-0.2, 0) is 18.5 Å². The predicted molar refractivity (Wildman–Crippen MR) is 157 cm³/mol. The zero-order valence-corrected chi connectivity index (χ0v) is 23.0. The first-order valence-electron chi connectivity index (χ1n) is 14.1. The molecule has 4 heteroatoms. The van der Waals surface area contributed by atoms with Crippen LogP contribution in [0.15, 0.2) is 109 Å². The lowest BCUT2D eigenvalue weighted by Crippen LogP contribution is -2.19. The molecule has 0 radical (unpaired) electrons.